The molecule has 1 fully saturated rings. The zero-order chi connectivity index (χ0) is 23.7. The Balaban J connectivity index is 1.51. The number of hydrogen-bond donors (Lipinski definition) is 0. The maximum absolute atomic E-state index is 13.9. The number of nitrogens with zero attached hydrogens (tertiary/aromatic N) is 4. The van der Waals surface area contributed by atoms with E-state index in [2.05, 4.69) is 9.97 Å². The number of sulfonamides is 1. The van der Waals surface area contributed by atoms with E-state index in [1.54, 1.807) is 12.3 Å². The van der Waals surface area contributed by atoms with Gasteiger partial charge >= 0.3 is 0 Å². The van der Waals surface area contributed by atoms with Gasteiger partial charge in [-0.15, -0.1) is 0 Å². The van der Waals surface area contributed by atoms with Crippen LogP contribution in [-0.2, 0) is 21.4 Å². The van der Waals surface area contributed by atoms with Crippen LogP contribution in [0.2, 0.25) is 0 Å². The number of carbonyl (C=O) groups excluding carboxylic acids is 1. The van der Waals surface area contributed by atoms with Crippen LogP contribution in [0.5, 0.6) is 0 Å². The maximum atomic E-state index is 13.9. The number of aromatic nitrogens is 2. The van der Waals surface area contributed by atoms with Crippen LogP contribution >= 0.6 is 11.3 Å². The van der Waals surface area contributed by atoms with Crippen molar-refractivity contribution in [3.05, 3.63) is 84.4 Å². The van der Waals surface area contributed by atoms with E-state index >= 15 is 0 Å². The molecule has 0 spiro atoms. The molecule has 1 aliphatic rings. The number of benzene rings is 2. The molecule has 4 aromatic rings. The fourth-order valence-corrected chi connectivity index (χ4v) is 6.69. The van der Waals surface area contributed by atoms with Crippen molar-refractivity contribution in [2.45, 2.75) is 30.3 Å². The minimum absolute atomic E-state index is 0.0372. The number of fused-ring (bicyclic) bond motifs is 1. The van der Waals surface area contributed by atoms with Crippen molar-refractivity contribution in [2.24, 2.45) is 0 Å². The standard InChI is InChI=1S/C24H21FN4O3S2/c25-17-10-12-19(13-11-17)34(31,32)29-15-5-8-21(29)23(30)28(16-18-6-3-4-14-26-18)24-27-20-7-1-2-9-22(20)33-24/h1-4,6-7,9-14,21H,5,8,15-16H2. The van der Waals surface area contributed by atoms with Gasteiger partial charge in [-0.25, -0.2) is 17.8 Å². The average molecular weight is 497 g/mol. The predicted octanol–water partition coefficient (Wildman–Crippen LogP) is 4.22. The largest absolute Gasteiger partial charge is 0.281 e. The lowest BCUT2D eigenvalue weighted by atomic mass is 10.2. The molecule has 1 amide bonds. The smallest absolute Gasteiger partial charge is 0.247 e. The third kappa shape index (κ3) is 4.31. The van der Waals surface area contributed by atoms with E-state index in [0.29, 0.717) is 23.7 Å². The van der Waals surface area contributed by atoms with Gasteiger partial charge in [0.05, 0.1) is 27.4 Å². The van der Waals surface area contributed by atoms with Crippen molar-refractivity contribution in [3.63, 3.8) is 0 Å². The van der Waals surface area contributed by atoms with Crippen LogP contribution in [0.15, 0.2) is 77.8 Å². The van der Waals surface area contributed by atoms with Gasteiger partial charge in [-0.2, -0.15) is 4.31 Å². The van der Waals surface area contributed by atoms with Gasteiger partial charge in [0.25, 0.3) is 0 Å². The first-order valence-electron chi connectivity index (χ1n) is 10.8. The van der Waals surface area contributed by atoms with Crippen molar-refractivity contribution in [1.29, 1.82) is 0 Å². The molecule has 1 atom stereocenters. The summed E-state index contributed by atoms with van der Waals surface area (Å²) in [5.74, 6) is -0.877. The number of thiazole rings is 1. The average Bonchev–Trinajstić information content (AvgIpc) is 3.51. The number of carbonyl (C=O) groups is 1. The summed E-state index contributed by atoms with van der Waals surface area (Å²) in [5, 5.41) is 0.489. The number of amides is 1. The number of anilines is 1. The highest BCUT2D eigenvalue weighted by Crippen LogP contribution is 2.33. The first-order chi connectivity index (χ1) is 16.4. The minimum atomic E-state index is -3.98. The van der Waals surface area contributed by atoms with E-state index in [1.807, 2.05) is 36.4 Å². The lowest BCUT2D eigenvalue weighted by Gasteiger charge is -2.28. The van der Waals surface area contributed by atoms with Crippen molar-refractivity contribution in [2.75, 3.05) is 11.4 Å². The van der Waals surface area contributed by atoms with Crippen LogP contribution in [0.1, 0.15) is 18.5 Å². The second kappa shape index (κ2) is 9.21. The van der Waals surface area contributed by atoms with Gasteiger partial charge in [-0.3, -0.25) is 14.7 Å². The van der Waals surface area contributed by atoms with Gasteiger partial charge in [-0.05, 0) is 61.4 Å². The summed E-state index contributed by atoms with van der Waals surface area (Å²) in [6.45, 7) is 0.383. The van der Waals surface area contributed by atoms with Crippen LogP contribution in [-0.4, -0.2) is 41.2 Å². The molecule has 3 heterocycles. The molecule has 1 unspecified atom stereocenters. The Bertz CT molecular complexity index is 1390. The number of rotatable bonds is 6. The van der Waals surface area contributed by atoms with Crippen LogP contribution in [0.4, 0.5) is 9.52 Å². The Kier molecular flexibility index (Phi) is 6.11. The molecule has 0 N–H and O–H groups in total. The summed E-state index contributed by atoms with van der Waals surface area (Å²) < 4.78 is 42.2. The van der Waals surface area contributed by atoms with Crippen LogP contribution in [0, 0.1) is 5.82 Å². The van der Waals surface area contributed by atoms with Gasteiger partial charge in [0.2, 0.25) is 15.9 Å². The Morgan fingerprint density at radius 1 is 1.09 bits per heavy atom. The van der Waals surface area contributed by atoms with Crippen molar-refractivity contribution < 1.29 is 17.6 Å². The molecule has 0 radical (unpaired) electrons. The predicted molar refractivity (Wildman–Crippen MR) is 128 cm³/mol. The lowest BCUT2D eigenvalue weighted by Crippen LogP contribution is -2.47. The fourth-order valence-electron chi connectivity index (χ4n) is 4.07. The zero-order valence-electron chi connectivity index (χ0n) is 18.0. The molecule has 2 aromatic carbocycles. The van der Waals surface area contributed by atoms with E-state index in [1.165, 1.54) is 32.7 Å². The van der Waals surface area contributed by atoms with Crippen LogP contribution in [0.25, 0.3) is 10.2 Å². The SMILES string of the molecule is O=C(C1CCCN1S(=O)(=O)c1ccc(F)cc1)N(Cc1ccccn1)c1nc2ccccc2s1. The summed E-state index contributed by atoms with van der Waals surface area (Å²) in [7, 11) is -3.98. The van der Waals surface area contributed by atoms with Gasteiger partial charge in [0.15, 0.2) is 5.13 Å². The third-order valence-corrected chi connectivity index (χ3v) is 8.72. The topological polar surface area (TPSA) is 83.5 Å². The molecule has 174 valence electrons. The lowest BCUT2D eigenvalue weighted by molar-refractivity contribution is -0.121. The summed E-state index contributed by atoms with van der Waals surface area (Å²) in [6.07, 6.45) is 2.59. The molecular weight excluding hydrogens is 475 g/mol. The molecule has 10 heteroatoms. The highest BCUT2D eigenvalue weighted by atomic mass is 32.2. The number of para-hydroxylation sites is 1. The third-order valence-electron chi connectivity index (χ3n) is 5.73. The van der Waals surface area contributed by atoms with Gasteiger partial charge in [0, 0.05) is 12.7 Å². The Hall–Kier alpha value is -3.21. The van der Waals surface area contributed by atoms with Gasteiger partial charge < -0.3 is 0 Å². The monoisotopic (exact) mass is 496 g/mol. The Labute approximate surface area is 200 Å². The molecule has 0 aliphatic carbocycles. The van der Waals surface area contributed by atoms with Gasteiger partial charge in [-0.1, -0.05) is 29.5 Å². The number of halogens is 1. The Morgan fingerprint density at radius 2 is 1.85 bits per heavy atom. The normalized spacial score (nSPS) is 16.7. The highest BCUT2D eigenvalue weighted by Gasteiger charge is 2.42. The molecule has 5 rings (SSSR count). The molecule has 1 saturated heterocycles. The fraction of sp³-hybridized carbons (Fsp3) is 0.208. The molecule has 2 aromatic heterocycles. The molecule has 1 aliphatic heterocycles. The minimum Gasteiger partial charge on any atom is -0.281 e. The van der Waals surface area contributed by atoms with Crippen molar-refractivity contribution >= 4 is 42.6 Å². The quantitative estimate of drug-likeness (QED) is 0.399. The van der Waals surface area contributed by atoms with Crippen molar-refractivity contribution in [3.8, 4) is 0 Å². The summed E-state index contributed by atoms with van der Waals surface area (Å²) in [4.78, 5) is 24.3. The maximum Gasteiger partial charge on any atom is 0.247 e. The summed E-state index contributed by atoms with van der Waals surface area (Å²) in [5.41, 5.74) is 1.43. The van der Waals surface area contributed by atoms with Crippen LogP contribution < -0.4 is 4.90 Å². The zero-order valence-corrected chi connectivity index (χ0v) is 19.7. The summed E-state index contributed by atoms with van der Waals surface area (Å²) in [6, 6.07) is 16.8. The van der Waals surface area contributed by atoms with E-state index in [4.69, 9.17) is 0 Å². The van der Waals surface area contributed by atoms with E-state index in [-0.39, 0.29) is 23.9 Å². The van der Waals surface area contributed by atoms with E-state index in [9.17, 15) is 17.6 Å². The summed E-state index contributed by atoms with van der Waals surface area (Å²) >= 11 is 1.38. The van der Waals surface area contributed by atoms with E-state index < -0.39 is 21.9 Å². The highest BCUT2D eigenvalue weighted by molar-refractivity contribution is 7.89. The number of hydrogen-bond acceptors (Lipinski definition) is 6. The first kappa shape index (κ1) is 22.6. The Morgan fingerprint density at radius 3 is 2.59 bits per heavy atom. The van der Waals surface area contributed by atoms with Crippen LogP contribution in [0.3, 0.4) is 0 Å². The van der Waals surface area contributed by atoms with Crippen molar-refractivity contribution in [1.82, 2.24) is 14.3 Å². The van der Waals surface area contributed by atoms with Gasteiger partial charge in [0.1, 0.15) is 11.9 Å². The molecule has 0 saturated carbocycles. The molecular formula is C24H21FN4O3S2. The second-order valence-corrected chi connectivity index (χ2v) is 10.8. The second-order valence-electron chi connectivity index (χ2n) is 7.94. The molecule has 7 nitrogen and oxygen atoms in total. The van der Waals surface area contributed by atoms with E-state index in [0.717, 1.165) is 22.3 Å². The number of pyridine rings is 1. The molecule has 34 heavy (non-hydrogen) atoms. The molecule has 0 bridgehead atoms. The first-order valence-corrected chi connectivity index (χ1v) is 13.0.